The van der Waals surface area contributed by atoms with Gasteiger partial charge in [0.2, 0.25) is 5.91 Å². The number of nitrogens with one attached hydrogen (secondary N) is 2. The van der Waals surface area contributed by atoms with Crippen LogP contribution in [-0.2, 0) is 23.8 Å². The first-order chi connectivity index (χ1) is 16.5. The van der Waals surface area contributed by atoms with E-state index < -0.39 is 78.5 Å². The second kappa shape index (κ2) is 11.3. The molecule has 1 aliphatic rings. The van der Waals surface area contributed by atoms with Crippen molar-refractivity contribution in [1.29, 1.82) is 0 Å². The number of rotatable bonds is 7. The van der Waals surface area contributed by atoms with Crippen molar-refractivity contribution in [3.05, 3.63) is 22.7 Å². The average Bonchev–Trinajstić information content (AvgIpc) is 2.99. The first-order valence-electron chi connectivity index (χ1n) is 11.2. The fraction of sp³-hybridized carbons (Fsp3) is 0.682. The first kappa shape index (κ1) is 29.2. The number of hydrogen-bond donors (Lipinski definition) is 5. The lowest BCUT2D eigenvalue weighted by Crippen LogP contribution is -2.47. The molecule has 0 aromatic carbocycles. The van der Waals surface area contributed by atoms with Crippen LogP contribution in [0, 0.1) is 0 Å². The molecule has 14 heteroatoms. The van der Waals surface area contributed by atoms with Crippen molar-refractivity contribution in [2.45, 2.75) is 89.7 Å². The van der Waals surface area contributed by atoms with Crippen molar-refractivity contribution in [3.8, 4) is 0 Å². The summed E-state index contributed by atoms with van der Waals surface area (Å²) in [5.74, 6) is -1.80. The fourth-order valence-electron chi connectivity index (χ4n) is 3.18. The van der Waals surface area contributed by atoms with Gasteiger partial charge in [-0.15, -0.1) is 0 Å². The molecular weight excluding hydrogens is 480 g/mol. The normalized spacial score (nSPS) is 23.0. The molecule has 1 unspecified atom stereocenters. The Kier molecular flexibility index (Phi) is 9.18. The Morgan fingerprint density at radius 2 is 1.72 bits per heavy atom. The van der Waals surface area contributed by atoms with Crippen LogP contribution in [0.5, 0.6) is 0 Å². The van der Waals surface area contributed by atoms with Gasteiger partial charge in [-0.05, 0) is 47.6 Å². The zero-order valence-corrected chi connectivity index (χ0v) is 21.0. The molecule has 36 heavy (non-hydrogen) atoms. The number of alkyl carbamates (subject to hydrolysis) is 1. The molecule has 0 spiro atoms. The van der Waals surface area contributed by atoms with E-state index in [4.69, 9.17) is 14.2 Å². The summed E-state index contributed by atoms with van der Waals surface area (Å²) in [6.07, 6.45) is -5.58. The van der Waals surface area contributed by atoms with Crippen LogP contribution < -0.4 is 16.3 Å². The number of carbonyl (C=O) groups excluding carboxylic acids is 3. The van der Waals surface area contributed by atoms with Crippen LogP contribution in [0.3, 0.4) is 0 Å². The Bertz CT molecular complexity index is 1010. The molecule has 5 atom stereocenters. The van der Waals surface area contributed by atoms with E-state index in [1.54, 1.807) is 41.5 Å². The Balaban J connectivity index is 2.12. The van der Waals surface area contributed by atoms with Crippen LogP contribution in [0.4, 0.5) is 10.6 Å². The smallest absolute Gasteiger partial charge is 0.408 e. The molecular formula is C22H34N4O10. The summed E-state index contributed by atoms with van der Waals surface area (Å²) < 4.78 is 16.6. The van der Waals surface area contributed by atoms with Crippen LogP contribution in [0.1, 0.15) is 54.2 Å². The summed E-state index contributed by atoms with van der Waals surface area (Å²) in [4.78, 5) is 53.5. The second-order valence-electron chi connectivity index (χ2n) is 10.2. The van der Waals surface area contributed by atoms with Gasteiger partial charge in [-0.25, -0.2) is 14.4 Å². The number of anilines is 1. The number of aliphatic hydroxyl groups is 3. The molecule has 0 aliphatic carbocycles. The lowest BCUT2D eigenvalue weighted by molar-refractivity contribution is -0.158. The Morgan fingerprint density at radius 3 is 2.22 bits per heavy atom. The van der Waals surface area contributed by atoms with Crippen LogP contribution in [0.2, 0.25) is 0 Å². The van der Waals surface area contributed by atoms with Crippen molar-refractivity contribution in [3.63, 3.8) is 0 Å². The zero-order valence-electron chi connectivity index (χ0n) is 21.0. The number of ether oxygens (including phenoxy) is 3. The minimum absolute atomic E-state index is 0.173. The van der Waals surface area contributed by atoms with E-state index in [1.807, 2.05) is 0 Å². The SMILES string of the molecule is CC(C)(C)OC(=O)N[C@@H](CC(=O)Nc1ccn([C@@H]2O[C@H](CO)C(O)[C@H]2O)c(=O)n1)C(=O)OC(C)(C)C. The standard InChI is InChI=1S/C22H34N4O10/c1-21(2,3)35-18(31)11(23-20(33)36-22(4,5)6)9-14(28)24-13-7-8-26(19(32)25-13)17-16(30)15(29)12(10-27)34-17/h7-8,11-12,15-17,27,29-30H,9-10H2,1-6H3,(H,23,33)(H,24,25,28,32)/t11-,12+,15?,16+,17+/m0/s1. The summed E-state index contributed by atoms with van der Waals surface area (Å²) in [6.45, 7) is 9.21. The number of aliphatic hydroxyl groups excluding tert-OH is 3. The third-order valence-electron chi connectivity index (χ3n) is 4.66. The van der Waals surface area contributed by atoms with Gasteiger partial charge in [-0.1, -0.05) is 0 Å². The Hall–Kier alpha value is -3.07. The maximum atomic E-state index is 12.6. The maximum absolute atomic E-state index is 12.6. The lowest BCUT2D eigenvalue weighted by Gasteiger charge is -2.26. The predicted molar refractivity (Wildman–Crippen MR) is 124 cm³/mol. The van der Waals surface area contributed by atoms with Gasteiger partial charge in [0.25, 0.3) is 0 Å². The summed E-state index contributed by atoms with van der Waals surface area (Å²) in [5, 5.41) is 33.8. The van der Waals surface area contributed by atoms with E-state index in [2.05, 4.69) is 15.6 Å². The highest BCUT2D eigenvalue weighted by atomic mass is 16.6. The van der Waals surface area contributed by atoms with Gasteiger partial charge in [0.1, 0.15) is 41.4 Å². The predicted octanol–water partition coefficient (Wildman–Crippen LogP) is -0.582. The largest absolute Gasteiger partial charge is 0.458 e. The van der Waals surface area contributed by atoms with Crippen molar-refractivity contribution in [2.24, 2.45) is 0 Å². The molecule has 5 N–H and O–H groups in total. The number of esters is 1. The molecule has 202 valence electrons. The van der Waals surface area contributed by atoms with Gasteiger partial charge >= 0.3 is 17.8 Å². The molecule has 0 saturated carbocycles. The van der Waals surface area contributed by atoms with Gasteiger partial charge < -0.3 is 40.2 Å². The number of amides is 2. The van der Waals surface area contributed by atoms with E-state index in [0.29, 0.717) is 0 Å². The summed E-state index contributed by atoms with van der Waals surface area (Å²) in [5.41, 5.74) is -2.65. The van der Waals surface area contributed by atoms with Crippen LogP contribution in [0.15, 0.2) is 17.1 Å². The van der Waals surface area contributed by atoms with Crippen molar-refractivity contribution in [2.75, 3.05) is 11.9 Å². The highest BCUT2D eigenvalue weighted by molar-refractivity contribution is 5.94. The van der Waals surface area contributed by atoms with E-state index in [0.717, 1.165) is 4.57 Å². The average molecular weight is 515 g/mol. The summed E-state index contributed by atoms with van der Waals surface area (Å²) in [6, 6.07) is -0.156. The van der Waals surface area contributed by atoms with E-state index in [1.165, 1.54) is 12.3 Å². The first-order valence-corrected chi connectivity index (χ1v) is 11.2. The quantitative estimate of drug-likeness (QED) is 0.292. The maximum Gasteiger partial charge on any atom is 0.408 e. The molecule has 2 amide bonds. The van der Waals surface area contributed by atoms with Gasteiger partial charge in [0.05, 0.1) is 13.0 Å². The minimum atomic E-state index is -1.49. The molecule has 1 aromatic heterocycles. The topological polar surface area (TPSA) is 199 Å². The monoisotopic (exact) mass is 514 g/mol. The molecule has 1 saturated heterocycles. The second-order valence-corrected chi connectivity index (χ2v) is 10.2. The van der Waals surface area contributed by atoms with Crippen molar-refractivity contribution in [1.82, 2.24) is 14.9 Å². The Morgan fingerprint density at radius 1 is 1.11 bits per heavy atom. The highest BCUT2D eigenvalue weighted by Crippen LogP contribution is 2.28. The highest BCUT2D eigenvalue weighted by Gasteiger charge is 2.43. The van der Waals surface area contributed by atoms with E-state index in [9.17, 15) is 34.5 Å². The minimum Gasteiger partial charge on any atom is -0.458 e. The molecule has 0 bridgehead atoms. The fourth-order valence-corrected chi connectivity index (χ4v) is 3.18. The summed E-state index contributed by atoms with van der Waals surface area (Å²) in [7, 11) is 0. The third kappa shape index (κ3) is 8.26. The van der Waals surface area contributed by atoms with E-state index in [-0.39, 0.29) is 5.82 Å². The van der Waals surface area contributed by atoms with Gasteiger partial charge in [0.15, 0.2) is 6.23 Å². The number of nitrogens with zero attached hydrogens (tertiary/aromatic N) is 2. The molecule has 0 radical (unpaired) electrons. The van der Waals surface area contributed by atoms with Crippen LogP contribution in [-0.4, -0.2) is 85.0 Å². The molecule has 1 aliphatic heterocycles. The van der Waals surface area contributed by atoms with Gasteiger partial charge in [-0.3, -0.25) is 9.36 Å². The molecule has 2 heterocycles. The molecule has 2 rings (SSSR count). The van der Waals surface area contributed by atoms with E-state index >= 15 is 0 Å². The molecule has 1 aromatic rings. The zero-order chi connectivity index (χ0) is 27.4. The third-order valence-corrected chi connectivity index (χ3v) is 4.66. The van der Waals surface area contributed by atoms with Crippen molar-refractivity contribution < 1.29 is 43.9 Å². The number of carbonyl (C=O) groups is 3. The number of aromatic nitrogens is 2. The van der Waals surface area contributed by atoms with Crippen molar-refractivity contribution >= 4 is 23.8 Å². The lowest BCUT2D eigenvalue weighted by atomic mass is 10.1. The van der Waals surface area contributed by atoms with Gasteiger partial charge in [-0.2, -0.15) is 4.98 Å². The van der Waals surface area contributed by atoms with Gasteiger partial charge in [0, 0.05) is 6.20 Å². The molecule has 14 nitrogen and oxygen atoms in total. The Labute approximate surface area is 207 Å². The summed E-state index contributed by atoms with van der Waals surface area (Å²) >= 11 is 0. The van der Waals surface area contributed by atoms with Crippen LogP contribution in [0.25, 0.3) is 0 Å². The number of hydrogen-bond acceptors (Lipinski definition) is 11. The molecule has 1 fully saturated rings. The van der Waals surface area contributed by atoms with Crippen LogP contribution >= 0.6 is 0 Å².